The van der Waals surface area contributed by atoms with Gasteiger partial charge in [-0.2, -0.15) is 5.10 Å². The lowest BCUT2D eigenvalue weighted by molar-refractivity contribution is 0.192. The highest BCUT2D eigenvalue weighted by atomic mass is 32.2. The Hall–Kier alpha value is -0.680. The monoisotopic (exact) mass is 171 g/mol. The van der Waals surface area contributed by atoms with Gasteiger partial charge in [0.1, 0.15) is 0 Å². The van der Waals surface area contributed by atoms with Gasteiger partial charge in [0.15, 0.2) is 0 Å². The molecule has 1 heterocycles. The summed E-state index contributed by atoms with van der Waals surface area (Å²) in [6, 6.07) is 0. The van der Waals surface area contributed by atoms with Crippen molar-refractivity contribution in [1.29, 1.82) is 0 Å². The van der Waals surface area contributed by atoms with E-state index in [0.29, 0.717) is 10.9 Å². The van der Waals surface area contributed by atoms with Gasteiger partial charge >= 0.3 is 0 Å². The van der Waals surface area contributed by atoms with Crippen molar-refractivity contribution in [3.63, 3.8) is 0 Å². The van der Waals surface area contributed by atoms with E-state index in [1.54, 1.807) is 6.92 Å². The van der Waals surface area contributed by atoms with Crippen LogP contribution in [0.5, 0.6) is 0 Å². The third-order valence-corrected chi connectivity index (χ3v) is 1.71. The number of thioether (sulfide) groups is 1. The summed E-state index contributed by atoms with van der Waals surface area (Å²) in [5.74, 6) is 0. The summed E-state index contributed by atoms with van der Waals surface area (Å²) >= 11 is 1.40. The Labute approximate surface area is 69.1 Å². The van der Waals surface area contributed by atoms with Crippen LogP contribution in [0.2, 0.25) is 0 Å². The minimum absolute atomic E-state index is 0.560. The minimum Gasteiger partial charge on any atom is -0.387 e. The van der Waals surface area contributed by atoms with Gasteiger partial charge < -0.3 is 5.11 Å². The third-order valence-electron chi connectivity index (χ3n) is 1.17. The van der Waals surface area contributed by atoms with E-state index >= 15 is 0 Å². The summed E-state index contributed by atoms with van der Waals surface area (Å²) in [5, 5.41) is 17.1. The summed E-state index contributed by atoms with van der Waals surface area (Å²) in [4.78, 5) is 4.03. The van der Waals surface area contributed by atoms with Crippen molar-refractivity contribution in [1.82, 2.24) is 15.2 Å². The number of aromatic nitrogens is 3. The Kier molecular flexibility index (Phi) is 2.78. The van der Waals surface area contributed by atoms with E-state index in [1.165, 1.54) is 18.0 Å². The van der Waals surface area contributed by atoms with Crippen LogP contribution in [-0.4, -0.2) is 26.5 Å². The average Bonchev–Trinajstić information content (AvgIpc) is 2.05. The highest BCUT2D eigenvalue weighted by Gasteiger charge is 2.03. The van der Waals surface area contributed by atoms with Crippen LogP contribution in [0.15, 0.2) is 11.4 Å². The number of hydrogen-bond acceptors (Lipinski definition) is 5. The van der Waals surface area contributed by atoms with E-state index in [0.717, 1.165) is 0 Å². The second-order valence-corrected chi connectivity index (χ2v) is 2.82. The predicted molar refractivity (Wildman–Crippen MR) is 42.2 cm³/mol. The zero-order chi connectivity index (χ0) is 8.27. The van der Waals surface area contributed by atoms with Crippen LogP contribution in [0.4, 0.5) is 0 Å². The van der Waals surface area contributed by atoms with Gasteiger partial charge in [-0.15, -0.1) is 5.10 Å². The first-order valence-corrected chi connectivity index (χ1v) is 4.38. The van der Waals surface area contributed by atoms with Gasteiger partial charge in [-0.1, -0.05) is 11.8 Å². The van der Waals surface area contributed by atoms with Crippen LogP contribution in [0.1, 0.15) is 18.7 Å². The van der Waals surface area contributed by atoms with E-state index in [4.69, 9.17) is 5.11 Å². The molecule has 0 bridgehead atoms. The molecule has 1 N–H and O–H groups in total. The fourth-order valence-corrected chi connectivity index (χ4v) is 0.912. The zero-order valence-electron chi connectivity index (χ0n) is 6.35. The van der Waals surface area contributed by atoms with E-state index in [9.17, 15) is 0 Å². The number of aliphatic hydroxyl groups excluding tert-OH is 1. The molecule has 1 aromatic rings. The van der Waals surface area contributed by atoms with Crippen LogP contribution in [-0.2, 0) is 0 Å². The molecular weight excluding hydrogens is 162 g/mol. The number of hydrogen-bond donors (Lipinski definition) is 1. The third kappa shape index (κ3) is 2.13. The molecule has 0 spiro atoms. The van der Waals surface area contributed by atoms with Crippen molar-refractivity contribution in [3.8, 4) is 0 Å². The van der Waals surface area contributed by atoms with Crippen molar-refractivity contribution in [3.05, 3.63) is 11.9 Å². The average molecular weight is 171 g/mol. The fourth-order valence-electron chi connectivity index (χ4n) is 0.587. The Balaban J connectivity index is 2.91. The molecule has 0 fully saturated rings. The zero-order valence-corrected chi connectivity index (χ0v) is 7.17. The summed E-state index contributed by atoms with van der Waals surface area (Å²) in [6.07, 6.45) is 2.75. The van der Waals surface area contributed by atoms with Crippen LogP contribution in [0, 0.1) is 0 Å². The minimum atomic E-state index is -0.573. The first-order chi connectivity index (χ1) is 5.24. The molecule has 0 aliphatic heterocycles. The number of nitrogens with zero attached hydrogens (tertiary/aromatic N) is 3. The Morgan fingerprint density at radius 3 is 2.91 bits per heavy atom. The van der Waals surface area contributed by atoms with Crippen molar-refractivity contribution in [2.75, 3.05) is 6.26 Å². The summed E-state index contributed by atoms with van der Waals surface area (Å²) in [5.41, 5.74) is 0.560. The molecule has 1 atom stereocenters. The second kappa shape index (κ2) is 3.64. The molecule has 0 radical (unpaired) electrons. The SMILES string of the molecule is CSc1nncc([C@H](C)O)n1. The molecular formula is C6H9N3OS. The Morgan fingerprint density at radius 2 is 2.36 bits per heavy atom. The topological polar surface area (TPSA) is 58.9 Å². The van der Waals surface area contributed by atoms with Crippen molar-refractivity contribution in [2.45, 2.75) is 18.2 Å². The molecule has 5 heteroatoms. The van der Waals surface area contributed by atoms with Gasteiger partial charge in [-0.05, 0) is 13.2 Å². The lowest BCUT2D eigenvalue weighted by Crippen LogP contribution is -1.99. The van der Waals surface area contributed by atoms with Crippen LogP contribution in [0.3, 0.4) is 0 Å². The Bertz CT molecular complexity index is 241. The summed E-state index contributed by atoms with van der Waals surface area (Å²) in [6.45, 7) is 1.65. The van der Waals surface area contributed by atoms with E-state index in [-0.39, 0.29) is 0 Å². The first-order valence-electron chi connectivity index (χ1n) is 3.15. The quantitative estimate of drug-likeness (QED) is 0.662. The number of aliphatic hydroxyl groups is 1. The van der Waals surface area contributed by atoms with Crippen LogP contribution < -0.4 is 0 Å². The molecule has 1 rings (SSSR count). The van der Waals surface area contributed by atoms with E-state index in [1.807, 2.05) is 6.26 Å². The maximum atomic E-state index is 9.10. The molecule has 0 unspecified atom stereocenters. The lowest BCUT2D eigenvalue weighted by Gasteiger charge is -2.01. The maximum absolute atomic E-state index is 9.10. The van der Waals surface area contributed by atoms with Gasteiger partial charge in [-0.3, -0.25) is 0 Å². The molecule has 1 aromatic heterocycles. The largest absolute Gasteiger partial charge is 0.387 e. The van der Waals surface area contributed by atoms with E-state index in [2.05, 4.69) is 15.2 Å². The fraction of sp³-hybridized carbons (Fsp3) is 0.500. The van der Waals surface area contributed by atoms with Gasteiger partial charge in [0.25, 0.3) is 0 Å². The normalized spacial score (nSPS) is 13.0. The predicted octanol–water partition coefficient (Wildman–Crippen LogP) is 0.647. The highest BCUT2D eigenvalue weighted by Crippen LogP contribution is 2.10. The number of rotatable bonds is 2. The first kappa shape index (κ1) is 8.42. The smallest absolute Gasteiger partial charge is 0.209 e. The second-order valence-electron chi connectivity index (χ2n) is 2.04. The van der Waals surface area contributed by atoms with Crippen LogP contribution >= 0.6 is 11.8 Å². The molecule has 0 aliphatic rings. The van der Waals surface area contributed by atoms with Gasteiger partial charge in [0, 0.05) is 0 Å². The van der Waals surface area contributed by atoms with Crippen molar-refractivity contribution < 1.29 is 5.11 Å². The molecule has 0 amide bonds. The molecule has 0 saturated heterocycles. The van der Waals surface area contributed by atoms with Gasteiger partial charge in [0.05, 0.1) is 18.0 Å². The maximum Gasteiger partial charge on any atom is 0.209 e. The molecule has 60 valence electrons. The van der Waals surface area contributed by atoms with Gasteiger partial charge in [0.2, 0.25) is 5.16 Å². The molecule has 0 saturated carbocycles. The summed E-state index contributed by atoms with van der Waals surface area (Å²) in [7, 11) is 0. The van der Waals surface area contributed by atoms with Gasteiger partial charge in [-0.25, -0.2) is 4.98 Å². The molecule has 0 aliphatic carbocycles. The Morgan fingerprint density at radius 1 is 1.64 bits per heavy atom. The molecule has 11 heavy (non-hydrogen) atoms. The highest BCUT2D eigenvalue weighted by molar-refractivity contribution is 7.98. The van der Waals surface area contributed by atoms with Crippen LogP contribution in [0.25, 0.3) is 0 Å². The van der Waals surface area contributed by atoms with E-state index < -0.39 is 6.10 Å². The van der Waals surface area contributed by atoms with Crippen molar-refractivity contribution >= 4 is 11.8 Å². The summed E-state index contributed by atoms with van der Waals surface area (Å²) < 4.78 is 0. The lowest BCUT2D eigenvalue weighted by atomic mass is 10.3. The molecule has 4 nitrogen and oxygen atoms in total. The molecule has 0 aromatic carbocycles. The van der Waals surface area contributed by atoms with Crippen molar-refractivity contribution in [2.24, 2.45) is 0 Å². The standard InChI is InChI=1S/C6H9N3OS/c1-4(10)5-3-7-9-6(8-5)11-2/h3-4,10H,1-2H3/t4-/m0/s1.